The minimum atomic E-state index is -0.217. The van der Waals surface area contributed by atoms with Crippen LogP contribution in [0.3, 0.4) is 0 Å². The number of carbonyl (C=O) groups is 1. The van der Waals surface area contributed by atoms with Crippen molar-refractivity contribution in [2.45, 2.75) is 0 Å². The zero-order valence-electron chi connectivity index (χ0n) is 19.3. The van der Waals surface area contributed by atoms with Crippen LogP contribution in [-0.2, 0) is 0 Å². The zero-order chi connectivity index (χ0) is 23.8. The largest absolute Gasteiger partial charge is 0.360 e. The number of hydrogen-bond donors (Lipinski definition) is 2. The van der Waals surface area contributed by atoms with Crippen LogP contribution in [0.25, 0.3) is 33.1 Å². The summed E-state index contributed by atoms with van der Waals surface area (Å²) >= 11 is 0. The number of carbonyl (C=O) groups excluding carboxylic acids is 1. The van der Waals surface area contributed by atoms with Crippen molar-refractivity contribution in [3.05, 3.63) is 72.9 Å². The molecule has 35 heavy (non-hydrogen) atoms. The molecule has 0 spiro atoms. The molecule has 0 aliphatic carbocycles. The average molecular weight is 465 g/mol. The van der Waals surface area contributed by atoms with Gasteiger partial charge in [-0.25, -0.2) is 9.97 Å². The molecule has 1 amide bonds. The SMILES string of the molecule is CN1CCN(c2cc(C(=O)Nc3cc4cc(-c5cnc6cc[nH]c6c5)ncc4cn3)ccn2)CC1. The molecule has 0 saturated carbocycles. The van der Waals surface area contributed by atoms with Crippen LogP contribution in [0.15, 0.2) is 67.4 Å². The number of H-pyrrole nitrogens is 1. The number of rotatable bonds is 4. The van der Waals surface area contributed by atoms with E-state index in [0.717, 1.165) is 65.1 Å². The Morgan fingerprint density at radius 2 is 1.77 bits per heavy atom. The number of likely N-dealkylation sites (N-methyl/N-ethyl adjacent to an activating group) is 1. The van der Waals surface area contributed by atoms with Crippen molar-refractivity contribution in [3.8, 4) is 11.3 Å². The van der Waals surface area contributed by atoms with Gasteiger partial charge in [-0.3, -0.25) is 14.8 Å². The first-order valence-electron chi connectivity index (χ1n) is 11.5. The molecule has 1 aliphatic rings. The second-order valence-corrected chi connectivity index (χ2v) is 8.77. The monoisotopic (exact) mass is 464 g/mol. The number of anilines is 2. The Hall–Kier alpha value is -4.37. The summed E-state index contributed by atoms with van der Waals surface area (Å²) in [6.07, 6.45) is 8.87. The molecule has 1 fully saturated rings. The lowest BCUT2D eigenvalue weighted by Gasteiger charge is -2.33. The van der Waals surface area contributed by atoms with Gasteiger partial charge in [-0.05, 0) is 48.8 Å². The van der Waals surface area contributed by atoms with Gasteiger partial charge in [-0.15, -0.1) is 0 Å². The number of pyridine rings is 4. The predicted molar refractivity (Wildman–Crippen MR) is 137 cm³/mol. The summed E-state index contributed by atoms with van der Waals surface area (Å²) in [4.78, 5) is 38.6. The molecule has 1 saturated heterocycles. The van der Waals surface area contributed by atoms with Gasteiger partial charge in [0.25, 0.3) is 5.91 Å². The summed E-state index contributed by atoms with van der Waals surface area (Å²) in [5.41, 5.74) is 4.14. The number of nitrogens with zero attached hydrogens (tertiary/aromatic N) is 6. The second kappa shape index (κ2) is 8.77. The van der Waals surface area contributed by atoms with Gasteiger partial charge < -0.3 is 20.1 Å². The Morgan fingerprint density at radius 1 is 0.914 bits per heavy atom. The van der Waals surface area contributed by atoms with Gasteiger partial charge in [-0.1, -0.05) is 0 Å². The van der Waals surface area contributed by atoms with Crippen LogP contribution in [0.2, 0.25) is 0 Å². The van der Waals surface area contributed by atoms with E-state index in [1.54, 1.807) is 24.7 Å². The van der Waals surface area contributed by atoms with Crippen molar-refractivity contribution in [2.75, 3.05) is 43.4 Å². The third kappa shape index (κ3) is 4.29. The Bertz CT molecular complexity index is 1540. The molecule has 0 radical (unpaired) electrons. The highest BCUT2D eigenvalue weighted by atomic mass is 16.1. The van der Waals surface area contributed by atoms with Gasteiger partial charge in [0.15, 0.2) is 0 Å². The predicted octanol–water partition coefficient (Wildman–Crippen LogP) is 3.57. The van der Waals surface area contributed by atoms with Crippen LogP contribution >= 0.6 is 0 Å². The normalized spacial score (nSPS) is 14.5. The molecule has 0 aromatic carbocycles. The van der Waals surface area contributed by atoms with Crippen molar-refractivity contribution >= 4 is 39.3 Å². The van der Waals surface area contributed by atoms with Gasteiger partial charge >= 0.3 is 0 Å². The molecule has 9 heteroatoms. The van der Waals surface area contributed by atoms with Crippen LogP contribution < -0.4 is 10.2 Å². The van der Waals surface area contributed by atoms with Gasteiger partial charge in [0.1, 0.15) is 11.6 Å². The van der Waals surface area contributed by atoms with E-state index in [9.17, 15) is 4.79 Å². The maximum atomic E-state index is 13.0. The van der Waals surface area contributed by atoms with Gasteiger partial charge in [0.05, 0.1) is 16.7 Å². The molecule has 1 aliphatic heterocycles. The first-order chi connectivity index (χ1) is 17.1. The van der Waals surface area contributed by atoms with Crippen LogP contribution in [0.4, 0.5) is 11.6 Å². The van der Waals surface area contributed by atoms with E-state index < -0.39 is 0 Å². The van der Waals surface area contributed by atoms with Crippen LogP contribution in [0.5, 0.6) is 0 Å². The van der Waals surface area contributed by atoms with E-state index >= 15 is 0 Å². The van der Waals surface area contributed by atoms with Crippen LogP contribution in [0.1, 0.15) is 10.4 Å². The number of amides is 1. The fourth-order valence-corrected chi connectivity index (χ4v) is 4.30. The van der Waals surface area contributed by atoms with E-state index in [-0.39, 0.29) is 5.91 Å². The fourth-order valence-electron chi connectivity index (χ4n) is 4.30. The summed E-state index contributed by atoms with van der Waals surface area (Å²) in [5.74, 6) is 1.08. The number of aromatic amines is 1. The third-order valence-electron chi connectivity index (χ3n) is 6.37. The molecule has 0 bridgehead atoms. The number of fused-ring (bicyclic) bond motifs is 2. The van der Waals surface area contributed by atoms with Crippen molar-refractivity contribution in [1.82, 2.24) is 29.8 Å². The molecule has 9 nitrogen and oxygen atoms in total. The Balaban J connectivity index is 1.24. The summed E-state index contributed by atoms with van der Waals surface area (Å²) in [7, 11) is 2.11. The van der Waals surface area contributed by atoms with Gasteiger partial charge in [-0.2, -0.15) is 0 Å². The maximum Gasteiger partial charge on any atom is 0.257 e. The maximum absolute atomic E-state index is 13.0. The molecule has 6 heterocycles. The Kier molecular flexibility index (Phi) is 5.31. The number of hydrogen-bond acceptors (Lipinski definition) is 7. The summed E-state index contributed by atoms with van der Waals surface area (Å²) in [6, 6.07) is 11.4. The van der Waals surface area contributed by atoms with Gasteiger partial charge in [0.2, 0.25) is 0 Å². The number of aromatic nitrogens is 5. The Labute approximate surface area is 201 Å². The third-order valence-corrected chi connectivity index (χ3v) is 6.37. The first-order valence-corrected chi connectivity index (χ1v) is 11.5. The second-order valence-electron chi connectivity index (χ2n) is 8.77. The summed E-state index contributed by atoms with van der Waals surface area (Å²) < 4.78 is 0. The fraction of sp³-hybridized carbons (Fsp3) is 0.192. The molecule has 174 valence electrons. The molecule has 6 rings (SSSR count). The van der Waals surface area contributed by atoms with Crippen molar-refractivity contribution in [1.29, 1.82) is 0 Å². The molecular formula is C26H24N8O. The lowest BCUT2D eigenvalue weighted by atomic mass is 10.1. The van der Waals surface area contributed by atoms with E-state index in [2.05, 4.69) is 47.1 Å². The van der Waals surface area contributed by atoms with E-state index in [1.165, 1.54) is 0 Å². The molecular weight excluding hydrogens is 440 g/mol. The lowest BCUT2D eigenvalue weighted by molar-refractivity contribution is 0.102. The number of nitrogens with one attached hydrogen (secondary N) is 2. The lowest BCUT2D eigenvalue weighted by Crippen LogP contribution is -2.44. The van der Waals surface area contributed by atoms with Gasteiger partial charge in [0, 0.05) is 73.7 Å². The van der Waals surface area contributed by atoms with E-state index in [4.69, 9.17) is 0 Å². The summed E-state index contributed by atoms with van der Waals surface area (Å²) in [6.45, 7) is 3.74. The van der Waals surface area contributed by atoms with Crippen molar-refractivity contribution < 1.29 is 4.79 Å². The molecule has 2 N–H and O–H groups in total. The topological polar surface area (TPSA) is 103 Å². The van der Waals surface area contributed by atoms with Crippen LogP contribution in [0, 0.1) is 0 Å². The minimum Gasteiger partial charge on any atom is -0.360 e. The molecule has 5 aromatic rings. The Morgan fingerprint density at radius 3 is 2.66 bits per heavy atom. The summed E-state index contributed by atoms with van der Waals surface area (Å²) in [5, 5.41) is 4.75. The highest BCUT2D eigenvalue weighted by molar-refractivity contribution is 6.05. The first kappa shape index (κ1) is 21.2. The van der Waals surface area contributed by atoms with Crippen molar-refractivity contribution in [2.24, 2.45) is 0 Å². The molecule has 5 aromatic heterocycles. The zero-order valence-corrected chi connectivity index (χ0v) is 19.3. The molecule has 0 unspecified atom stereocenters. The highest BCUT2D eigenvalue weighted by Gasteiger charge is 2.17. The van der Waals surface area contributed by atoms with E-state index in [1.807, 2.05) is 42.7 Å². The highest BCUT2D eigenvalue weighted by Crippen LogP contribution is 2.25. The van der Waals surface area contributed by atoms with Crippen molar-refractivity contribution in [3.63, 3.8) is 0 Å². The van der Waals surface area contributed by atoms with Crippen LogP contribution in [-0.4, -0.2) is 69.0 Å². The number of piperazine rings is 1. The smallest absolute Gasteiger partial charge is 0.257 e. The van der Waals surface area contributed by atoms with E-state index in [0.29, 0.717) is 11.4 Å². The molecule has 0 atom stereocenters. The average Bonchev–Trinajstić information content (AvgIpc) is 3.37. The minimum absolute atomic E-state index is 0.217. The quantitative estimate of drug-likeness (QED) is 0.419. The standard InChI is InChI=1S/C26H24N8O/c1-33-6-8-34(9-7-33)25-13-17(2-4-28-25)26(35)32-24-12-18-10-22(30-15-20(18)16-31-24)19-11-23-21(29-14-19)3-5-27-23/h2-5,10-16,27H,6-9H2,1H3,(H,31,32,35).